The summed E-state index contributed by atoms with van der Waals surface area (Å²) in [6, 6.07) is 26.8. The Labute approximate surface area is 229 Å². The van der Waals surface area contributed by atoms with Gasteiger partial charge in [-0.3, -0.25) is 14.9 Å². The zero-order valence-corrected chi connectivity index (χ0v) is 21.4. The normalized spacial score (nSPS) is 11.2. The first-order valence-electron chi connectivity index (χ1n) is 12.2. The number of non-ortho nitro benzene ring substituents is 1. The summed E-state index contributed by atoms with van der Waals surface area (Å²) >= 11 is 0. The van der Waals surface area contributed by atoms with Crippen LogP contribution in [0.4, 0.5) is 5.69 Å². The maximum absolute atomic E-state index is 13.2. The van der Waals surface area contributed by atoms with E-state index in [1.807, 2.05) is 0 Å². The molecule has 0 unspecified atom stereocenters. The number of esters is 1. The monoisotopic (exact) mass is 539 g/mol. The molecule has 0 aliphatic rings. The quantitative estimate of drug-likeness (QED) is 0.0987. The van der Waals surface area contributed by atoms with Crippen molar-refractivity contribution < 1.29 is 29.1 Å². The average molecular weight is 540 g/mol. The number of hydrogen-bond acceptors (Lipinski definition) is 8. The van der Waals surface area contributed by atoms with Crippen LogP contribution in [0.25, 0.3) is 0 Å². The maximum Gasteiger partial charge on any atom is 0.343 e. The molecule has 0 atom stereocenters. The third-order valence-electron chi connectivity index (χ3n) is 5.88. The lowest BCUT2D eigenvalue weighted by Crippen LogP contribution is -2.43. The highest BCUT2D eigenvalue weighted by Gasteiger charge is 2.39. The summed E-state index contributed by atoms with van der Waals surface area (Å²) in [5.74, 6) is -1.09. The van der Waals surface area contributed by atoms with Gasteiger partial charge in [0.2, 0.25) is 0 Å². The van der Waals surface area contributed by atoms with Gasteiger partial charge in [-0.25, -0.2) is 10.2 Å². The SMILES string of the molecule is CCOc1cc(/C=N/NC(=O)C(O)(c2ccccc2)c2ccccc2)ccc1OC(=O)c1ccc([N+](=O)[O-])cc1. The van der Waals surface area contributed by atoms with E-state index >= 15 is 0 Å². The number of hydrogen-bond donors (Lipinski definition) is 2. The van der Waals surface area contributed by atoms with Crippen LogP contribution in [0.3, 0.4) is 0 Å². The number of nitrogens with zero attached hydrogens (tertiary/aromatic N) is 2. The fraction of sp³-hybridized carbons (Fsp3) is 0.100. The maximum atomic E-state index is 13.2. The van der Waals surface area contributed by atoms with Crippen molar-refractivity contribution in [1.29, 1.82) is 0 Å². The second-order valence-electron chi connectivity index (χ2n) is 8.47. The van der Waals surface area contributed by atoms with Gasteiger partial charge in [0.05, 0.1) is 23.3 Å². The van der Waals surface area contributed by atoms with Gasteiger partial charge in [0, 0.05) is 12.1 Å². The van der Waals surface area contributed by atoms with Crippen molar-refractivity contribution in [2.45, 2.75) is 12.5 Å². The largest absolute Gasteiger partial charge is 0.490 e. The molecule has 10 nitrogen and oxygen atoms in total. The molecule has 1 amide bonds. The van der Waals surface area contributed by atoms with Gasteiger partial charge in [0.25, 0.3) is 11.6 Å². The topological polar surface area (TPSA) is 140 Å². The molecule has 0 fully saturated rings. The van der Waals surface area contributed by atoms with E-state index in [-0.39, 0.29) is 29.4 Å². The highest BCUT2D eigenvalue weighted by Crippen LogP contribution is 2.31. The molecule has 0 saturated carbocycles. The van der Waals surface area contributed by atoms with Crippen molar-refractivity contribution in [2.75, 3.05) is 6.61 Å². The number of ether oxygens (including phenoxy) is 2. The van der Waals surface area contributed by atoms with Crippen molar-refractivity contribution in [3.63, 3.8) is 0 Å². The lowest BCUT2D eigenvalue weighted by Gasteiger charge is -2.27. The first kappa shape index (κ1) is 27.7. The highest BCUT2D eigenvalue weighted by molar-refractivity contribution is 5.92. The summed E-state index contributed by atoms with van der Waals surface area (Å²) in [5, 5.41) is 26.4. The van der Waals surface area contributed by atoms with E-state index < -0.39 is 22.4 Å². The zero-order chi connectivity index (χ0) is 28.5. The van der Waals surface area contributed by atoms with Crippen LogP contribution in [0.1, 0.15) is 34.0 Å². The minimum atomic E-state index is -1.98. The number of nitro groups is 1. The van der Waals surface area contributed by atoms with Crippen molar-refractivity contribution in [1.82, 2.24) is 5.43 Å². The molecule has 4 aromatic rings. The number of nitro benzene ring substituents is 1. The van der Waals surface area contributed by atoms with Gasteiger partial charge in [-0.2, -0.15) is 5.10 Å². The van der Waals surface area contributed by atoms with Crippen LogP contribution in [0.2, 0.25) is 0 Å². The first-order chi connectivity index (χ1) is 19.3. The molecule has 40 heavy (non-hydrogen) atoms. The molecule has 0 radical (unpaired) electrons. The van der Waals surface area contributed by atoms with Crippen LogP contribution < -0.4 is 14.9 Å². The van der Waals surface area contributed by atoms with Crippen LogP contribution in [0, 0.1) is 10.1 Å². The Balaban J connectivity index is 1.51. The van der Waals surface area contributed by atoms with Gasteiger partial charge in [-0.1, -0.05) is 60.7 Å². The summed E-state index contributed by atoms with van der Waals surface area (Å²) in [6.45, 7) is 2.04. The second kappa shape index (κ2) is 12.5. The van der Waals surface area contributed by atoms with Crippen LogP contribution in [-0.4, -0.2) is 34.7 Å². The van der Waals surface area contributed by atoms with Crippen molar-refractivity contribution in [3.05, 3.63) is 135 Å². The van der Waals surface area contributed by atoms with Gasteiger partial charge in [0.1, 0.15) is 0 Å². The van der Waals surface area contributed by atoms with E-state index in [9.17, 15) is 24.8 Å². The number of carbonyl (C=O) groups is 2. The number of rotatable bonds is 10. The first-order valence-corrected chi connectivity index (χ1v) is 12.2. The van der Waals surface area contributed by atoms with Crippen molar-refractivity contribution >= 4 is 23.8 Å². The zero-order valence-electron chi connectivity index (χ0n) is 21.4. The van der Waals surface area contributed by atoms with E-state index in [2.05, 4.69) is 10.5 Å². The van der Waals surface area contributed by atoms with Gasteiger partial charge in [-0.05, 0) is 53.9 Å². The fourth-order valence-corrected chi connectivity index (χ4v) is 3.87. The molecule has 0 aromatic heterocycles. The molecule has 0 spiro atoms. The number of carbonyl (C=O) groups excluding carboxylic acids is 2. The summed E-state index contributed by atoms with van der Waals surface area (Å²) in [6.07, 6.45) is 1.36. The third-order valence-corrected chi connectivity index (χ3v) is 5.88. The standard InChI is InChI=1S/C30H25N3O7/c1-2-39-27-19-21(13-18-26(27)40-28(34)22-14-16-25(17-15-22)33(37)38)20-31-32-29(35)30(36,23-9-5-3-6-10-23)24-11-7-4-8-12-24/h3-20,36H,2H2,1H3,(H,32,35)/b31-20+. The Morgan fingerprint density at radius 1 is 0.925 bits per heavy atom. The average Bonchev–Trinajstić information content (AvgIpc) is 2.99. The highest BCUT2D eigenvalue weighted by atomic mass is 16.6. The molecule has 0 saturated heterocycles. The van der Waals surface area contributed by atoms with E-state index in [1.165, 1.54) is 36.5 Å². The van der Waals surface area contributed by atoms with Crippen LogP contribution in [0.5, 0.6) is 11.5 Å². The van der Waals surface area contributed by atoms with Gasteiger partial charge in [-0.15, -0.1) is 0 Å². The van der Waals surface area contributed by atoms with E-state index in [1.54, 1.807) is 79.7 Å². The number of hydrazone groups is 1. The molecule has 0 bridgehead atoms. The van der Waals surface area contributed by atoms with E-state index in [4.69, 9.17) is 9.47 Å². The van der Waals surface area contributed by atoms with E-state index in [0.29, 0.717) is 16.7 Å². The van der Waals surface area contributed by atoms with E-state index in [0.717, 1.165) is 0 Å². The Bertz CT molecular complexity index is 1480. The van der Waals surface area contributed by atoms with Gasteiger partial charge < -0.3 is 14.6 Å². The summed E-state index contributed by atoms with van der Waals surface area (Å²) < 4.78 is 11.1. The molecule has 0 heterocycles. The number of nitrogens with one attached hydrogen (secondary N) is 1. The third kappa shape index (κ3) is 6.20. The summed E-state index contributed by atoms with van der Waals surface area (Å²) in [4.78, 5) is 36.0. The molecule has 2 N–H and O–H groups in total. The van der Waals surface area contributed by atoms with Gasteiger partial charge >= 0.3 is 5.97 Å². The molecule has 4 aromatic carbocycles. The summed E-state index contributed by atoms with van der Waals surface area (Å²) in [5.41, 5.74) is 1.69. The lowest BCUT2D eigenvalue weighted by atomic mass is 9.85. The van der Waals surface area contributed by atoms with Crippen LogP contribution >= 0.6 is 0 Å². The molecular weight excluding hydrogens is 514 g/mol. The molecule has 202 valence electrons. The number of aliphatic hydroxyl groups is 1. The Morgan fingerprint density at radius 3 is 2.08 bits per heavy atom. The molecule has 4 rings (SSSR count). The predicted molar refractivity (Wildman–Crippen MR) is 147 cm³/mol. The number of benzene rings is 4. The number of amides is 1. The predicted octanol–water partition coefficient (Wildman–Crippen LogP) is 4.60. The van der Waals surface area contributed by atoms with Crippen LogP contribution in [-0.2, 0) is 10.4 Å². The van der Waals surface area contributed by atoms with Crippen molar-refractivity contribution in [2.24, 2.45) is 5.10 Å². The molecule has 0 aliphatic heterocycles. The molecular formula is C30H25N3O7. The van der Waals surface area contributed by atoms with Crippen molar-refractivity contribution in [3.8, 4) is 11.5 Å². The Hall–Kier alpha value is -5.35. The van der Waals surface area contributed by atoms with Gasteiger partial charge in [0.15, 0.2) is 17.1 Å². The van der Waals surface area contributed by atoms with Crippen LogP contribution in [0.15, 0.2) is 108 Å². The minimum absolute atomic E-state index is 0.130. The Morgan fingerprint density at radius 2 is 1.52 bits per heavy atom. The lowest BCUT2D eigenvalue weighted by molar-refractivity contribution is -0.384. The fourth-order valence-electron chi connectivity index (χ4n) is 3.87. The minimum Gasteiger partial charge on any atom is -0.490 e. The molecule has 10 heteroatoms. The smallest absolute Gasteiger partial charge is 0.343 e. The summed E-state index contributed by atoms with van der Waals surface area (Å²) in [7, 11) is 0. The Kier molecular flexibility index (Phi) is 8.62. The second-order valence-corrected chi connectivity index (χ2v) is 8.47. The molecule has 0 aliphatic carbocycles.